The van der Waals surface area contributed by atoms with Crippen molar-refractivity contribution in [3.05, 3.63) is 29.5 Å². The highest BCUT2D eigenvalue weighted by Gasteiger charge is 2.30. The van der Waals surface area contributed by atoms with Crippen LogP contribution in [0.1, 0.15) is 29.4 Å². The lowest BCUT2D eigenvalue weighted by Gasteiger charge is -2.37. The summed E-state index contributed by atoms with van der Waals surface area (Å²) in [6, 6.07) is 3.79. The number of likely N-dealkylation sites (tertiary alicyclic amines) is 1. The van der Waals surface area contributed by atoms with Crippen molar-refractivity contribution in [2.24, 2.45) is 11.7 Å². The van der Waals surface area contributed by atoms with Gasteiger partial charge >= 0.3 is 0 Å². The minimum atomic E-state index is 0.0349. The summed E-state index contributed by atoms with van der Waals surface area (Å²) in [7, 11) is 0. The quantitative estimate of drug-likeness (QED) is 0.946. The first-order valence-corrected chi connectivity index (χ1v) is 8.01. The van der Waals surface area contributed by atoms with Crippen LogP contribution >= 0.6 is 11.3 Å². The number of aromatic nitrogens is 1. The average Bonchev–Trinajstić information content (AvgIpc) is 3.17. The number of carbonyl (C=O) groups is 1. The second-order valence-corrected chi connectivity index (χ2v) is 6.56. The Bertz CT molecular complexity index is 608. The van der Waals surface area contributed by atoms with Crippen molar-refractivity contribution < 1.29 is 9.21 Å². The van der Waals surface area contributed by atoms with Crippen LogP contribution in [0.4, 0.5) is 0 Å². The molecule has 1 fully saturated rings. The first-order chi connectivity index (χ1) is 10.2. The highest BCUT2D eigenvalue weighted by molar-refractivity contribution is 7.16. The van der Waals surface area contributed by atoms with E-state index in [0.717, 1.165) is 24.4 Å². The van der Waals surface area contributed by atoms with E-state index >= 15 is 0 Å². The smallest absolute Gasteiger partial charge is 0.265 e. The molecule has 2 aromatic heterocycles. The van der Waals surface area contributed by atoms with Crippen LogP contribution in [-0.2, 0) is 0 Å². The maximum Gasteiger partial charge on any atom is 0.265 e. The Labute approximate surface area is 127 Å². The first kappa shape index (κ1) is 14.3. The Morgan fingerprint density at radius 2 is 2.48 bits per heavy atom. The average molecular weight is 305 g/mol. The highest BCUT2D eigenvalue weighted by atomic mass is 32.1. The van der Waals surface area contributed by atoms with Crippen LogP contribution in [0.5, 0.6) is 0 Å². The molecule has 2 N–H and O–H groups in total. The Hall–Kier alpha value is -1.66. The van der Waals surface area contributed by atoms with Gasteiger partial charge in [0.1, 0.15) is 4.88 Å². The van der Waals surface area contributed by atoms with Gasteiger partial charge in [-0.25, -0.2) is 4.98 Å². The Balaban J connectivity index is 1.78. The minimum absolute atomic E-state index is 0.0349. The number of nitrogens with zero attached hydrogens (tertiary/aromatic N) is 2. The van der Waals surface area contributed by atoms with Crippen LogP contribution in [0.2, 0.25) is 0 Å². The van der Waals surface area contributed by atoms with Crippen molar-refractivity contribution >= 4 is 17.2 Å². The molecule has 6 heteroatoms. The zero-order chi connectivity index (χ0) is 14.8. The number of nitrogens with two attached hydrogens (primary N) is 1. The highest BCUT2D eigenvalue weighted by Crippen LogP contribution is 2.29. The molecule has 3 rings (SSSR count). The Morgan fingerprint density at radius 1 is 1.62 bits per heavy atom. The number of rotatable bonds is 3. The van der Waals surface area contributed by atoms with E-state index in [1.54, 1.807) is 12.5 Å². The van der Waals surface area contributed by atoms with Crippen LogP contribution in [0.15, 0.2) is 29.0 Å². The predicted octanol–water partition coefficient (Wildman–Crippen LogP) is 2.60. The predicted molar refractivity (Wildman–Crippen MR) is 82.1 cm³/mol. The van der Waals surface area contributed by atoms with Crippen LogP contribution in [0.3, 0.4) is 0 Å². The first-order valence-electron chi connectivity index (χ1n) is 7.19. The number of furan rings is 1. The van der Waals surface area contributed by atoms with E-state index in [1.165, 1.54) is 11.3 Å². The van der Waals surface area contributed by atoms with E-state index in [1.807, 2.05) is 17.0 Å². The lowest BCUT2D eigenvalue weighted by atomic mass is 9.92. The molecule has 112 valence electrons. The zero-order valence-corrected chi connectivity index (χ0v) is 12.8. The van der Waals surface area contributed by atoms with E-state index in [9.17, 15) is 4.79 Å². The molecule has 0 aromatic carbocycles. The molecule has 21 heavy (non-hydrogen) atoms. The van der Waals surface area contributed by atoms with Crippen molar-refractivity contribution in [1.29, 1.82) is 0 Å². The molecule has 2 atom stereocenters. The molecule has 0 bridgehead atoms. The molecule has 0 radical (unpaired) electrons. The SMILES string of the molecule is CC1CCN(C(=O)c2cnc(-c3ccco3)s2)C(CN)C1. The van der Waals surface area contributed by atoms with E-state index in [4.69, 9.17) is 10.2 Å². The third-order valence-corrected chi connectivity index (χ3v) is 4.96. The topological polar surface area (TPSA) is 72.4 Å². The molecule has 1 aliphatic rings. The lowest BCUT2D eigenvalue weighted by molar-refractivity contribution is 0.0578. The van der Waals surface area contributed by atoms with E-state index in [2.05, 4.69) is 11.9 Å². The van der Waals surface area contributed by atoms with Crippen molar-refractivity contribution in [2.75, 3.05) is 13.1 Å². The van der Waals surface area contributed by atoms with Gasteiger partial charge in [0.25, 0.3) is 5.91 Å². The van der Waals surface area contributed by atoms with Crippen LogP contribution < -0.4 is 5.73 Å². The number of thiazole rings is 1. The molecular formula is C15H19N3O2S. The number of amides is 1. The van der Waals surface area contributed by atoms with E-state index < -0.39 is 0 Å². The summed E-state index contributed by atoms with van der Waals surface area (Å²) >= 11 is 1.37. The van der Waals surface area contributed by atoms with E-state index in [0.29, 0.717) is 23.1 Å². The number of piperidine rings is 1. The zero-order valence-electron chi connectivity index (χ0n) is 12.0. The summed E-state index contributed by atoms with van der Waals surface area (Å²) in [5, 5.41) is 0.734. The van der Waals surface area contributed by atoms with E-state index in [-0.39, 0.29) is 11.9 Å². The molecule has 1 amide bonds. The molecule has 3 heterocycles. The Morgan fingerprint density at radius 3 is 3.19 bits per heavy atom. The second kappa shape index (κ2) is 5.99. The molecule has 2 unspecified atom stereocenters. The van der Waals surface area contributed by atoms with Crippen molar-refractivity contribution in [3.8, 4) is 10.8 Å². The van der Waals surface area contributed by atoms with Crippen molar-refractivity contribution in [3.63, 3.8) is 0 Å². The van der Waals surface area contributed by atoms with Gasteiger partial charge in [0.2, 0.25) is 0 Å². The van der Waals surface area contributed by atoms with Crippen LogP contribution in [-0.4, -0.2) is 34.9 Å². The summed E-state index contributed by atoms with van der Waals surface area (Å²) in [4.78, 5) is 19.5. The fourth-order valence-electron chi connectivity index (χ4n) is 2.77. The normalized spacial score (nSPS) is 22.5. The summed E-state index contributed by atoms with van der Waals surface area (Å²) in [6.45, 7) is 3.50. The van der Waals surface area contributed by atoms with Gasteiger partial charge in [-0.3, -0.25) is 4.79 Å². The fourth-order valence-corrected chi connectivity index (χ4v) is 3.61. The summed E-state index contributed by atoms with van der Waals surface area (Å²) < 4.78 is 5.32. The van der Waals surface area contributed by atoms with Crippen molar-refractivity contribution in [1.82, 2.24) is 9.88 Å². The van der Waals surface area contributed by atoms with Gasteiger partial charge < -0.3 is 15.1 Å². The lowest BCUT2D eigenvalue weighted by Crippen LogP contribution is -2.49. The van der Waals surface area contributed by atoms with Gasteiger partial charge in [-0.2, -0.15) is 0 Å². The number of hydrogen-bond donors (Lipinski definition) is 1. The van der Waals surface area contributed by atoms with Crippen LogP contribution in [0.25, 0.3) is 10.8 Å². The second-order valence-electron chi connectivity index (χ2n) is 5.52. The molecule has 5 nitrogen and oxygen atoms in total. The number of hydrogen-bond acceptors (Lipinski definition) is 5. The molecule has 1 aliphatic heterocycles. The monoisotopic (exact) mass is 305 g/mol. The largest absolute Gasteiger partial charge is 0.462 e. The maximum atomic E-state index is 12.7. The van der Waals surface area contributed by atoms with Gasteiger partial charge in [0, 0.05) is 19.1 Å². The third kappa shape index (κ3) is 2.87. The molecule has 2 aromatic rings. The van der Waals surface area contributed by atoms with Gasteiger partial charge in [0.15, 0.2) is 10.8 Å². The summed E-state index contributed by atoms with van der Waals surface area (Å²) in [5.74, 6) is 1.36. The molecule has 0 spiro atoms. The maximum absolute atomic E-state index is 12.7. The molecule has 0 aliphatic carbocycles. The standard InChI is InChI=1S/C15H19N3O2S/c1-10-4-5-18(11(7-10)8-16)15(19)13-9-17-14(21-13)12-3-2-6-20-12/h2-3,6,9-11H,4-5,7-8,16H2,1H3. The van der Waals surface area contributed by atoms with Crippen molar-refractivity contribution in [2.45, 2.75) is 25.8 Å². The minimum Gasteiger partial charge on any atom is -0.462 e. The molecular weight excluding hydrogens is 286 g/mol. The molecule has 1 saturated heterocycles. The molecule has 0 saturated carbocycles. The Kier molecular flexibility index (Phi) is 4.07. The fraction of sp³-hybridized carbons (Fsp3) is 0.467. The number of carbonyl (C=O) groups excluding carboxylic acids is 1. The third-order valence-electron chi connectivity index (χ3n) is 3.96. The summed E-state index contributed by atoms with van der Waals surface area (Å²) in [6.07, 6.45) is 5.25. The summed E-state index contributed by atoms with van der Waals surface area (Å²) in [5.41, 5.74) is 5.83. The van der Waals surface area contributed by atoms with Gasteiger partial charge in [-0.15, -0.1) is 11.3 Å². The van der Waals surface area contributed by atoms with Crippen LogP contribution in [0, 0.1) is 5.92 Å². The van der Waals surface area contributed by atoms with Gasteiger partial charge in [-0.05, 0) is 30.9 Å². The van der Waals surface area contributed by atoms with Gasteiger partial charge in [0.05, 0.1) is 12.5 Å². The van der Waals surface area contributed by atoms with Gasteiger partial charge in [-0.1, -0.05) is 6.92 Å².